The third-order valence-corrected chi connectivity index (χ3v) is 4.19. The van der Waals surface area contributed by atoms with E-state index in [-0.39, 0.29) is 0 Å². The minimum atomic E-state index is 0.429. The highest BCUT2D eigenvalue weighted by Crippen LogP contribution is 2.33. The minimum absolute atomic E-state index is 0.429. The van der Waals surface area contributed by atoms with Crippen LogP contribution >= 0.6 is 0 Å². The van der Waals surface area contributed by atoms with E-state index in [1.165, 1.54) is 35.6 Å². The van der Waals surface area contributed by atoms with Crippen molar-refractivity contribution in [3.05, 3.63) is 48.0 Å². The smallest absolute Gasteiger partial charge is 0.0294 e. The van der Waals surface area contributed by atoms with Gasteiger partial charge in [0.1, 0.15) is 0 Å². The maximum absolute atomic E-state index is 3.73. The lowest BCUT2D eigenvalue weighted by Gasteiger charge is -2.20. The molecule has 2 unspecified atom stereocenters. The van der Waals surface area contributed by atoms with Gasteiger partial charge in [-0.2, -0.15) is 0 Å². The molecule has 1 heteroatoms. The van der Waals surface area contributed by atoms with Crippen molar-refractivity contribution < 1.29 is 0 Å². The van der Waals surface area contributed by atoms with E-state index in [2.05, 4.69) is 61.6 Å². The highest BCUT2D eigenvalue weighted by atomic mass is 14.9. The Morgan fingerprint density at radius 1 is 1.05 bits per heavy atom. The number of benzene rings is 2. The Morgan fingerprint density at radius 2 is 1.79 bits per heavy atom. The summed E-state index contributed by atoms with van der Waals surface area (Å²) in [5.41, 5.74) is 1.39. The molecular formula is C18H23N. The zero-order valence-electron chi connectivity index (χ0n) is 11.9. The molecule has 2 aromatic carbocycles. The maximum Gasteiger partial charge on any atom is 0.0294 e. The van der Waals surface area contributed by atoms with E-state index in [4.69, 9.17) is 0 Å². The predicted octanol–water partition coefficient (Wildman–Crippen LogP) is 4.68. The lowest BCUT2D eigenvalue weighted by atomic mass is 10.0. The van der Waals surface area contributed by atoms with Crippen molar-refractivity contribution in [3.8, 4) is 0 Å². The standard InChI is InChI=1S/C18H23N/c1-13(11-15-7-8-15)19-14(2)17-10-9-16-5-3-4-6-18(16)12-17/h3-6,9-10,12-15,19H,7-8,11H2,1-2H3. The third kappa shape index (κ3) is 3.16. The summed E-state index contributed by atoms with van der Waals surface area (Å²) in [7, 11) is 0. The number of rotatable bonds is 5. The molecule has 0 aromatic heterocycles. The van der Waals surface area contributed by atoms with Crippen LogP contribution in [0.3, 0.4) is 0 Å². The fourth-order valence-electron chi connectivity index (χ4n) is 2.92. The molecule has 1 aliphatic carbocycles. The van der Waals surface area contributed by atoms with Gasteiger partial charge in [-0.05, 0) is 48.6 Å². The summed E-state index contributed by atoms with van der Waals surface area (Å²) >= 11 is 0. The van der Waals surface area contributed by atoms with Gasteiger partial charge < -0.3 is 5.32 Å². The molecule has 1 fully saturated rings. The summed E-state index contributed by atoms with van der Waals surface area (Å²) < 4.78 is 0. The first-order valence-corrected chi connectivity index (χ1v) is 7.47. The van der Waals surface area contributed by atoms with Gasteiger partial charge in [0.05, 0.1) is 0 Å². The van der Waals surface area contributed by atoms with Gasteiger partial charge in [-0.25, -0.2) is 0 Å². The molecule has 0 aliphatic heterocycles. The van der Waals surface area contributed by atoms with E-state index in [1.807, 2.05) is 0 Å². The Hall–Kier alpha value is -1.34. The van der Waals surface area contributed by atoms with E-state index in [0.29, 0.717) is 12.1 Å². The summed E-state index contributed by atoms with van der Waals surface area (Å²) in [4.78, 5) is 0. The first-order chi connectivity index (χ1) is 9.22. The summed E-state index contributed by atoms with van der Waals surface area (Å²) in [6.45, 7) is 4.59. The first-order valence-electron chi connectivity index (χ1n) is 7.47. The SMILES string of the molecule is CC(CC1CC1)NC(C)c1ccc2ccccc2c1. The van der Waals surface area contributed by atoms with Crippen molar-refractivity contribution in [2.24, 2.45) is 5.92 Å². The molecule has 100 valence electrons. The molecule has 2 aromatic rings. The Kier molecular flexibility index (Phi) is 3.56. The highest BCUT2D eigenvalue weighted by molar-refractivity contribution is 5.83. The highest BCUT2D eigenvalue weighted by Gasteiger charge is 2.24. The lowest BCUT2D eigenvalue weighted by molar-refractivity contribution is 0.438. The molecule has 19 heavy (non-hydrogen) atoms. The quantitative estimate of drug-likeness (QED) is 0.816. The fraction of sp³-hybridized carbons (Fsp3) is 0.444. The van der Waals surface area contributed by atoms with Crippen LogP contribution in [-0.2, 0) is 0 Å². The molecule has 1 saturated carbocycles. The van der Waals surface area contributed by atoms with Gasteiger partial charge >= 0.3 is 0 Å². The lowest BCUT2D eigenvalue weighted by Crippen LogP contribution is -2.29. The zero-order chi connectivity index (χ0) is 13.2. The van der Waals surface area contributed by atoms with Crippen molar-refractivity contribution >= 4 is 10.8 Å². The van der Waals surface area contributed by atoms with Gasteiger partial charge in [-0.1, -0.05) is 49.2 Å². The summed E-state index contributed by atoms with van der Waals surface area (Å²) in [6, 6.07) is 16.4. The second-order valence-corrected chi connectivity index (χ2v) is 6.08. The van der Waals surface area contributed by atoms with E-state index in [0.717, 1.165) is 5.92 Å². The Morgan fingerprint density at radius 3 is 2.53 bits per heavy atom. The monoisotopic (exact) mass is 253 g/mol. The average molecular weight is 253 g/mol. The average Bonchev–Trinajstić information content (AvgIpc) is 3.21. The van der Waals surface area contributed by atoms with E-state index < -0.39 is 0 Å². The topological polar surface area (TPSA) is 12.0 Å². The number of nitrogens with one attached hydrogen (secondary N) is 1. The third-order valence-electron chi connectivity index (χ3n) is 4.19. The van der Waals surface area contributed by atoms with E-state index in [1.54, 1.807) is 0 Å². The molecular weight excluding hydrogens is 230 g/mol. The van der Waals surface area contributed by atoms with E-state index >= 15 is 0 Å². The molecule has 1 aliphatic rings. The maximum atomic E-state index is 3.73. The van der Waals surface area contributed by atoms with Crippen LogP contribution in [0.15, 0.2) is 42.5 Å². The molecule has 0 saturated heterocycles. The van der Waals surface area contributed by atoms with Crippen molar-refractivity contribution in [3.63, 3.8) is 0 Å². The van der Waals surface area contributed by atoms with Gasteiger partial charge in [-0.15, -0.1) is 0 Å². The summed E-state index contributed by atoms with van der Waals surface area (Å²) in [6.07, 6.45) is 4.21. The Balaban J connectivity index is 1.71. The number of hydrogen-bond donors (Lipinski definition) is 1. The van der Waals surface area contributed by atoms with Gasteiger partial charge in [0.25, 0.3) is 0 Å². The van der Waals surface area contributed by atoms with Crippen molar-refractivity contribution in [1.29, 1.82) is 0 Å². The van der Waals surface area contributed by atoms with Crippen molar-refractivity contribution in [2.75, 3.05) is 0 Å². The Labute approximate surface area is 116 Å². The van der Waals surface area contributed by atoms with Gasteiger partial charge in [-0.3, -0.25) is 0 Å². The normalized spacial score (nSPS) is 18.4. The summed E-state index contributed by atoms with van der Waals surface area (Å²) in [5, 5.41) is 6.39. The molecule has 3 rings (SSSR count). The molecule has 0 bridgehead atoms. The minimum Gasteiger partial charge on any atom is -0.308 e. The van der Waals surface area contributed by atoms with Crippen LogP contribution in [0.2, 0.25) is 0 Å². The number of fused-ring (bicyclic) bond motifs is 1. The van der Waals surface area contributed by atoms with Crippen LogP contribution in [0.25, 0.3) is 10.8 Å². The van der Waals surface area contributed by atoms with Crippen LogP contribution < -0.4 is 5.32 Å². The van der Waals surface area contributed by atoms with Crippen LogP contribution in [0.1, 0.15) is 44.7 Å². The molecule has 0 radical (unpaired) electrons. The van der Waals surface area contributed by atoms with Crippen molar-refractivity contribution in [1.82, 2.24) is 5.32 Å². The molecule has 1 nitrogen and oxygen atoms in total. The molecule has 0 heterocycles. The summed E-state index contributed by atoms with van der Waals surface area (Å²) in [5.74, 6) is 0.992. The molecule has 2 atom stereocenters. The fourth-order valence-corrected chi connectivity index (χ4v) is 2.92. The van der Waals surface area contributed by atoms with Gasteiger partial charge in [0, 0.05) is 12.1 Å². The van der Waals surface area contributed by atoms with Crippen molar-refractivity contribution in [2.45, 2.75) is 45.2 Å². The largest absolute Gasteiger partial charge is 0.308 e. The van der Waals surface area contributed by atoms with E-state index in [9.17, 15) is 0 Å². The zero-order valence-corrected chi connectivity index (χ0v) is 11.9. The van der Waals surface area contributed by atoms with Crippen LogP contribution in [0, 0.1) is 5.92 Å². The van der Waals surface area contributed by atoms with Crippen LogP contribution in [-0.4, -0.2) is 6.04 Å². The van der Waals surface area contributed by atoms with Crippen LogP contribution in [0.5, 0.6) is 0 Å². The molecule has 0 amide bonds. The molecule has 0 spiro atoms. The van der Waals surface area contributed by atoms with Gasteiger partial charge in [0.15, 0.2) is 0 Å². The second kappa shape index (κ2) is 5.34. The number of hydrogen-bond acceptors (Lipinski definition) is 1. The van der Waals surface area contributed by atoms with Crippen LogP contribution in [0.4, 0.5) is 0 Å². The van der Waals surface area contributed by atoms with Gasteiger partial charge in [0.2, 0.25) is 0 Å². The predicted molar refractivity (Wildman–Crippen MR) is 82.3 cm³/mol. The molecule has 1 N–H and O–H groups in total. The Bertz CT molecular complexity index is 556. The second-order valence-electron chi connectivity index (χ2n) is 6.08. The first kappa shape index (κ1) is 12.7.